The third-order valence-electron chi connectivity index (χ3n) is 2.18. The first-order valence-corrected chi connectivity index (χ1v) is 3.81. The number of hydrogen-bond donors (Lipinski definition) is 1. The van der Waals surface area contributed by atoms with Gasteiger partial charge >= 0.3 is 6.09 Å². The van der Waals surface area contributed by atoms with Gasteiger partial charge < -0.3 is 5.11 Å². The van der Waals surface area contributed by atoms with Gasteiger partial charge in [0.05, 0.1) is 0 Å². The van der Waals surface area contributed by atoms with Crippen LogP contribution in [0.2, 0.25) is 0 Å². The Bertz CT molecular complexity index is 188. The topological polar surface area (TPSA) is 40.5 Å². The first kappa shape index (κ1) is 9.22. The Hall–Kier alpha value is -0.870. The zero-order chi connectivity index (χ0) is 9.30. The highest BCUT2D eigenvalue weighted by atomic mass is 19.2. The third kappa shape index (κ3) is 1.49. The lowest BCUT2D eigenvalue weighted by Gasteiger charge is -2.34. The number of likely N-dealkylation sites (tertiary alicyclic amines) is 1. The molecule has 1 aliphatic heterocycles. The molecule has 1 fully saturated rings. The average molecular weight is 179 g/mol. The summed E-state index contributed by atoms with van der Waals surface area (Å²) in [6, 6.07) is 0. The van der Waals surface area contributed by atoms with Crippen molar-refractivity contribution in [1.29, 1.82) is 0 Å². The number of hydrogen-bond acceptors (Lipinski definition) is 1. The molecule has 3 atom stereocenters. The Kier molecular flexibility index (Phi) is 2.49. The normalized spacial score (nSPS) is 36.6. The smallest absolute Gasteiger partial charge is 0.409 e. The number of carbonyl (C=O) groups is 1. The quantitative estimate of drug-likeness (QED) is 0.574. The number of rotatable bonds is 0. The fourth-order valence-electron chi connectivity index (χ4n) is 1.27. The van der Waals surface area contributed by atoms with E-state index in [-0.39, 0.29) is 6.54 Å². The van der Waals surface area contributed by atoms with Gasteiger partial charge in [0.25, 0.3) is 0 Å². The highest BCUT2D eigenvalue weighted by Crippen LogP contribution is 2.26. The monoisotopic (exact) mass is 179 g/mol. The molecule has 0 aliphatic carbocycles. The third-order valence-corrected chi connectivity index (χ3v) is 2.18. The molecule has 5 heteroatoms. The van der Waals surface area contributed by atoms with Crippen LogP contribution >= 0.6 is 0 Å². The summed E-state index contributed by atoms with van der Waals surface area (Å²) in [5.74, 6) is -0.393. The maximum atomic E-state index is 12.9. The van der Waals surface area contributed by atoms with Crippen LogP contribution in [0.1, 0.15) is 13.3 Å². The van der Waals surface area contributed by atoms with Gasteiger partial charge in [0, 0.05) is 6.54 Å². The molecule has 1 aliphatic rings. The second-order valence-corrected chi connectivity index (χ2v) is 3.06. The Morgan fingerprint density at radius 2 is 2.17 bits per heavy atom. The van der Waals surface area contributed by atoms with E-state index in [1.54, 1.807) is 6.92 Å². The van der Waals surface area contributed by atoms with Crippen molar-refractivity contribution in [2.45, 2.75) is 25.8 Å². The highest BCUT2D eigenvalue weighted by molar-refractivity contribution is 5.65. The molecule has 0 saturated carbocycles. The van der Waals surface area contributed by atoms with E-state index in [1.807, 2.05) is 0 Å². The zero-order valence-corrected chi connectivity index (χ0v) is 6.70. The second-order valence-electron chi connectivity index (χ2n) is 3.06. The minimum atomic E-state index is -1.99. The van der Waals surface area contributed by atoms with Crippen molar-refractivity contribution in [2.24, 2.45) is 5.92 Å². The molecule has 0 aromatic carbocycles. The molecule has 70 valence electrons. The molecule has 0 aromatic rings. The summed E-state index contributed by atoms with van der Waals surface area (Å²) in [7, 11) is 0. The van der Waals surface area contributed by atoms with Crippen LogP contribution in [0, 0.1) is 5.92 Å². The lowest BCUT2D eigenvalue weighted by Crippen LogP contribution is -2.49. The van der Waals surface area contributed by atoms with E-state index < -0.39 is 24.5 Å². The van der Waals surface area contributed by atoms with Gasteiger partial charge in [0.15, 0.2) is 6.17 Å². The summed E-state index contributed by atoms with van der Waals surface area (Å²) >= 11 is 0. The molecule has 1 amide bonds. The fourth-order valence-corrected chi connectivity index (χ4v) is 1.27. The van der Waals surface area contributed by atoms with Crippen LogP contribution in [-0.2, 0) is 0 Å². The van der Waals surface area contributed by atoms with Gasteiger partial charge in [-0.1, -0.05) is 6.92 Å². The van der Waals surface area contributed by atoms with Crippen LogP contribution in [0.15, 0.2) is 0 Å². The number of carboxylic acid groups (broad SMARTS) is 1. The van der Waals surface area contributed by atoms with E-state index in [1.165, 1.54) is 0 Å². The summed E-state index contributed by atoms with van der Waals surface area (Å²) in [5.41, 5.74) is 0. The Labute approximate surface area is 69.0 Å². The molecule has 1 heterocycles. The molecule has 3 nitrogen and oxygen atoms in total. The average Bonchev–Trinajstić information content (AvgIpc) is 2.00. The summed E-state index contributed by atoms with van der Waals surface area (Å²) in [6.07, 6.45) is -4.69. The Balaban J connectivity index is 2.65. The maximum absolute atomic E-state index is 12.9. The van der Waals surface area contributed by atoms with Crippen molar-refractivity contribution in [2.75, 3.05) is 6.54 Å². The first-order valence-electron chi connectivity index (χ1n) is 3.81. The largest absolute Gasteiger partial charge is 0.465 e. The second kappa shape index (κ2) is 3.25. The minimum absolute atomic E-state index is 0.0814. The van der Waals surface area contributed by atoms with Gasteiger partial charge in [-0.05, 0) is 12.3 Å². The van der Waals surface area contributed by atoms with Crippen LogP contribution in [0.5, 0.6) is 0 Å². The van der Waals surface area contributed by atoms with Gasteiger partial charge in [-0.3, -0.25) is 4.90 Å². The molecule has 1 rings (SSSR count). The predicted octanol–water partition coefficient (Wildman–Crippen LogP) is 1.64. The van der Waals surface area contributed by atoms with Crippen molar-refractivity contribution in [3.8, 4) is 0 Å². The van der Waals surface area contributed by atoms with Crippen molar-refractivity contribution in [3.05, 3.63) is 0 Å². The van der Waals surface area contributed by atoms with Crippen molar-refractivity contribution in [1.82, 2.24) is 4.90 Å². The number of nitrogens with zero attached hydrogens (tertiary/aromatic N) is 1. The van der Waals surface area contributed by atoms with Gasteiger partial charge in [0.2, 0.25) is 6.30 Å². The van der Waals surface area contributed by atoms with Gasteiger partial charge in [-0.15, -0.1) is 0 Å². The van der Waals surface area contributed by atoms with E-state index in [0.29, 0.717) is 11.3 Å². The fraction of sp³-hybridized carbons (Fsp3) is 0.857. The number of alkyl halides is 2. The number of amides is 1. The molecule has 1 N–H and O–H groups in total. The van der Waals surface area contributed by atoms with E-state index in [4.69, 9.17) is 5.11 Å². The van der Waals surface area contributed by atoms with Crippen molar-refractivity contribution in [3.63, 3.8) is 0 Å². The van der Waals surface area contributed by atoms with E-state index in [0.717, 1.165) is 0 Å². The number of piperidine rings is 1. The Morgan fingerprint density at radius 1 is 1.58 bits per heavy atom. The van der Waals surface area contributed by atoms with Crippen molar-refractivity contribution >= 4 is 6.09 Å². The number of halogens is 2. The van der Waals surface area contributed by atoms with E-state index in [9.17, 15) is 13.6 Å². The van der Waals surface area contributed by atoms with Crippen LogP contribution in [0.4, 0.5) is 13.6 Å². The standard InChI is InChI=1S/C7H11F2NO2/c1-4-2-3-10(7(11)12)6(9)5(4)8/h4-6H,2-3H2,1H3,(H,11,12). The molecular formula is C7H11F2NO2. The summed E-state index contributed by atoms with van der Waals surface area (Å²) < 4.78 is 25.8. The van der Waals surface area contributed by atoms with E-state index in [2.05, 4.69) is 0 Å². The summed E-state index contributed by atoms with van der Waals surface area (Å²) in [4.78, 5) is 10.8. The van der Waals surface area contributed by atoms with Gasteiger partial charge in [-0.25, -0.2) is 13.6 Å². The minimum Gasteiger partial charge on any atom is -0.465 e. The SMILES string of the molecule is CC1CCN(C(=O)O)C(F)C1F. The predicted molar refractivity (Wildman–Crippen MR) is 38.3 cm³/mol. The van der Waals surface area contributed by atoms with Crippen molar-refractivity contribution < 1.29 is 18.7 Å². The summed E-state index contributed by atoms with van der Waals surface area (Å²) in [6.45, 7) is 1.66. The molecular weight excluding hydrogens is 168 g/mol. The summed E-state index contributed by atoms with van der Waals surface area (Å²) in [5, 5.41) is 8.43. The van der Waals surface area contributed by atoms with Crippen LogP contribution in [-0.4, -0.2) is 35.1 Å². The van der Waals surface area contributed by atoms with Gasteiger partial charge in [-0.2, -0.15) is 0 Å². The molecule has 0 bridgehead atoms. The van der Waals surface area contributed by atoms with Crippen LogP contribution < -0.4 is 0 Å². The lowest BCUT2D eigenvalue weighted by molar-refractivity contribution is -0.0328. The molecule has 0 spiro atoms. The molecule has 3 unspecified atom stereocenters. The van der Waals surface area contributed by atoms with Crippen LogP contribution in [0.3, 0.4) is 0 Å². The van der Waals surface area contributed by atoms with Gasteiger partial charge in [0.1, 0.15) is 0 Å². The molecule has 12 heavy (non-hydrogen) atoms. The van der Waals surface area contributed by atoms with E-state index >= 15 is 0 Å². The molecule has 1 saturated heterocycles. The lowest BCUT2D eigenvalue weighted by atomic mass is 9.96. The maximum Gasteiger partial charge on any atom is 0.409 e. The molecule has 0 aromatic heterocycles. The first-order chi connectivity index (χ1) is 5.54. The molecule has 0 radical (unpaired) electrons. The highest BCUT2D eigenvalue weighted by Gasteiger charge is 2.38. The zero-order valence-electron chi connectivity index (χ0n) is 6.70. The van der Waals surface area contributed by atoms with Crippen LogP contribution in [0.25, 0.3) is 0 Å². The Morgan fingerprint density at radius 3 is 2.67 bits per heavy atom.